The highest BCUT2D eigenvalue weighted by molar-refractivity contribution is 7.80. The Bertz CT molecular complexity index is 1340. The summed E-state index contributed by atoms with van der Waals surface area (Å²) in [4.78, 5) is 48.6. The van der Waals surface area contributed by atoms with Crippen molar-refractivity contribution in [2.45, 2.75) is 0 Å². The molecule has 4 rings (SSSR count). The largest absolute Gasteiger partial charge is 0.478 e. The minimum atomic E-state index is -1.12. The smallest absolute Gasteiger partial charge is 0.335 e. The van der Waals surface area contributed by atoms with Gasteiger partial charge in [0, 0.05) is 5.56 Å². The van der Waals surface area contributed by atoms with Crippen LogP contribution < -0.4 is 10.2 Å². The Morgan fingerprint density at radius 1 is 0.879 bits per heavy atom. The molecular weight excluding hydrogens is 448 g/mol. The summed E-state index contributed by atoms with van der Waals surface area (Å²) >= 11 is 5.13. The Morgan fingerprint density at radius 2 is 1.45 bits per heavy atom. The highest BCUT2D eigenvalue weighted by Gasteiger charge is 2.34. The van der Waals surface area contributed by atoms with Crippen LogP contribution in [0.25, 0.3) is 17.4 Å². The number of rotatable bonds is 5. The molecule has 0 atom stereocenters. The average Bonchev–Trinajstić information content (AvgIpc) is 3.25. The number of carboxylic acids is 2. The molecule has 0 aliphatic carbocycles. The molecule has 0 bridgehead atoms. The third-order valence-electron chi connectivity index (χ3n) is 4.80. The summed E-state index contributed by atoms with van der Waals surface area (Å²) in [5.74, 6) is -2.93. The molecule has 3 aromatic rings. The molecule has 1 aromatic heterocycles. The van der Waals surface area contributed by atoms with E-state index in [1.54, 1.807) is 24.3 Å². The molecule has 1 aliphatic rings. The summed E-state index contributed by atoms with van der Waals surface area (Å²) in [5.41, 5.74) is 0.844. The summed E-state index contributed by atoms with van der Waals surface area (Å²) in [5, 5.41) is 20.3. The Kier molecular flexibility index (Phi) is 5.59. The van der Waals surface area contributed by atoms with Gasteiger partial charge in [-0.05, 0) is 66.8 Å². The molecule has 0 saturated carbocycles. The first-order valence-corrected chi connectivity index (χ1v) is 9.84. The van der Waals surface area contributed by atoms with Gasteiger partial charge in [0.1, 0.15) is 17.1 Å². The van der Waals surface area contributed by atoms with E-state index in [0.29, 0.717) is 17.0 Å². The summed E-state index contributed by atoms with van der Waals surface area (Å²) in [6.07, 6.45) is 1.27. The van der Waals surface area contributed by atoms with E-state index in [1.807, 2.05) is 0 Å². The average molecular weight is 462 g/mol. The van der Waals surface area contributed by atoms with Gasteiger partial charge >= 0.3 is 11.9 Å². The van der Waals surface area contributed by atoms with Crippen LogP contribution in [0.1, 0.15) is 26.5 Å². The van der Waals surface area contributed by atoms with E-state index >= 15 is 0 Å². The lowest BCUT2D eigenvalue weighted by Crippen LogP contribution is -2.54. The maximum absolute atomic E-state index is 13.0. The summed E-state index contributed by atoms with van der Waals surface area (Å²) in [6, 6.07) is 14.7. The van der Waals surface area contributed by atoms with Gasteiger partial charge in [0.15, 0.2) is 5.11 Å². The topological polar surface area (TPSA) is 137 Å². The lowest BCUT2D eigenvalue weighted by molar-refractivity contribution is -0.122. The first kappa shape index (κ1) is 21.7. The molecule has 0 unspecified atom stereocenters. The van der Waals surface area contributed by atoms with E-state index in [2.05, 4.69) is 5.32 Å². The predicted molar refractivity (Wildman–Crippen MR) is 121 cm³/mol. The molecule has 3 N–H and O–H groups in total. The lowest BCUT2D eigenvalue weighted by Gasteiger charge is -2.28. The minimum Gasteiger partial charge on any atom is -0.478 e. The standard InChI is InChI=1S/C23H14N2O7S/c26-19-17(11-16-9-10-18(32-16)12-1-3-13(4-2-12)21(28)29)20(27)25(23(33)24-19)15-7-5-14(6-8-15)22(30)31/h1-11H,(H,28,29)(H,30,31)(H,24,26,33)/b17-11+. The van der Waals surface area contributed by atoms with E-state index in [-0.39, 0.29) is 27.6 Å². The number of thiocarbonyl (C=S) groups is 1. The SMILES string of the molecule is O=C1NC(=S)N(c2ccc(C(=O)O)cc2)C(=O)/C1=C/c1ccc(-c2ccc(C(=O)O)cc2)o1. The zero-order chi connectivity index (χ0) is 23.7. The summed E-state index contributed by atoms with van der Waals surface area (Å²) in [7, 11) is 0. The normalized spacial score (nSPS) is 15.0. The molecule has 2 aromatic carbocycles. The van der Waals surface area contributed by atoms with Gasteiger partial charge < -0.3 is 14.6 Å². The van der Waals surface area contributed by atoms with Crippen molar-refractivity contribution in [3.05, 3.63) is 83.1 Å². The number of nitrogens with zero attached hydrogens (tertiary/aromatic N) is 1. The third kappa shape index (κ3) is 4.27. The molecular formula is C23H14N2O7S. The number of benzene rings is 2. The van der Waals surface area contributed by atoms with Crippen molar-refractivity contribution < 1.29 is 33.8 Å². The number of carbonyl (C=O) groups is 4. The van der Waals surface area contributed by atoms with Gasteiger partial charge in [0.25, 0.3) is 11.8 Å². The van der Waals surface area contributed by atoms with Crippen LogP contribution in [-0.2, 0) is 9.59 Å². The molecule has 2 heterocycles. The highest BCUT2D eigenvalue weighted by atomic mass is 32.1. The molecule has 1 saturated heterocycles. The van der Waals surface area contributed by atoms with E-state index in [1.165, 1.54) is 42.5 Å². The van der Waals surface area contributed by atoms with Crippen molar-refractivity contribution in [1.29, 1.82) is 0 Å². The number of nitrogens with one attached hydrogen (secondary N) is 1. The number of amides is 2. The molecule has 164 valence electrons. The number of carboxylic acid groups (broad SMARTS) is 2. The van der Waals surface area contributed by atoms with Crippen LogP contribution >= 0.6 is 12.2 Å². The second-order valence-electron chi connectivity index (χ2n) is 6.89. The van der Waals surface area contributed by atoms with E-state index in [9.17, 15) is 19.2 Å². The Labute approximate surface area is 191 Å². The van der Waals surface area contributed by atoms with Crippen LogP contribution in [0.2, 0.25) is 0 Å². The van der Waals surface area contributed by atoms with Gasteiger partial charge in [-0.25, -0.2) is 9.59 Å². The Balaban J connectivity index is 1.62. The number of furan rings is 1. The maximum Gasteiger partial charge on any atom is 0.335 e. The Morgan fingerprint density at radius 3 is 2.03 bits per heavy atom. The van der Waals surface area contributed by atoms with Crippen LogP contribution in [0.15, 0.2) is 70.7 Å². The van der Waals surface area contributed by atoms with Gasteiger partial charge in [-0.3, -0.25) is 19.8 Å². The number of anilines is 1. The van der Waals surface area contributed by atoms with Gasteiger partial charge in [-0.15, -0.1) is 0 Å². The first-order valence-electron chi connectivity index (χ1n) is 9.43. The first-order chi connectivity index (χ1) is 15.7. The van der Waals surface area contributed by atoms with Gasteiger partial charge in [0.05, 0.1) is 16.8 Å². The third-order valence-corrected chi connectivity index (χ3v) is 5.09. The fourth-order valence-corrected chi connectivity index (χ4v) is 3.43. The summed E-state index contributed by atoms with van der Waals surface area (Å²) < 4.78 is 5.71. The van der Waals surface area contributed by atoms with Crippen molar-refractivity contribution in [2.24, 2.45) is 0 Å². The molecule has 2 amide bonds. The van der Waals surface area contributed by atoms with Crippen molar-refractivity contribution >= 4 is 52.8 Å². The van der Waals surface area contributed by atoms with E-state index in [0.717, 1.165) is 4.90 Å². The zero-order valence-corrected chi connectivity index (χ0v) is 17.5. The number of carbonyl (C=O) groups excluding carboxylic acids is 2. The van der Waals surface area contributed by atoms with E-state index < -0.39 is 23.8 Å². The van der Waals surface area contributed by atoms with Crippen LogP contribution in [0.3, 0.4) is 0 Å². The maximum atomic E-state index is 13.0. The molecule has 0 radical (unpaired) electrons. The van der Waals surface area contributed by atoms with Crippen LogP contribution in [0.4, 0.5) is 5.69 Å². The molecule has 1 fully saturated rings. The van der Waals surface area contributed by atoms with Crippen molar-refractivity contribution in [2.75, 3.05) is 4.90 Å². The fourth-order valence-electron chi connectivity index (χ4n) is 3.15. The molecule has 33 heavy (non-hydrogen) atoms. The summed E-state index contributed by atoms with van der Waals surface area (Å²) in [6.45, 7) is 0. The minimum absolute atomic E-state index is 0.0356. The quantitative estimate of drug-likeness (QED) is 0.299. The molecule has 0 spiro atoms. The predicted octanol–water partition coefficient (Wildman–Crippen LogP) is 3.17. The molecule has 9 nitrogen and oxygen atoms in total. The molecule has 10 heteroatoms. The van der Waals surface area contributed by atoms with Gasteiger partial charge in [-0.1, -0.05) is 12.1 Å². The number of hydrogen-bond donors (Lipinski definition) is 3. The van der Waals surface area contributed by atoms with Crippen LogP contribution in [0, 0.1) is 0 Å². The zero-order valence-electron chi connectivity index (χ0n) is 16.6. The second-order valence-corrected chi connectivity index (χ2v) is 7.28. The van der Waals surface area contributed by atoms with E-state index in [4.69, 9.17) is 26.8 Å². The Hall–Kier alpha value is -4.57. The number of hydrogen-bond acceptors (Lipinski definition) is 6. The highest BCUT2D eigenvalue weighted by Crippen LogP contribution is 2.26. The van der Waals surface area contributed by atoms with Crippen molar-refractivity contribution in [3.63, 3.8) is 0 Å². The lowest BCUT2D eigenvalue weighted by atomic mass is 10.1. The van der Waals surface area contributed by atoms with Crippen molar-refractivity contribution in [3.8, 4) is 11.3 Å². The van der Waals surface area contributed by atoms with Crippen LogP contribution in [-0.4, -0.2) is 39.1 Å². The van der Waals surface area contributed by atoms with Gasteiger partial charge in [-0.2, -0.15) is 0 Å². The van der Waals surface area contributed by atoms with Crippen molar-refractivity contribution in [1.82, 2.24) is 5.32 Å². The fraction of sp³-hybridized carbons (Fsp3) is 0. The second kappa shape index (κ2) is 8.52. The monoisotopic (exact) mass is 462 g/mol. The van der Waals surface area contributed by atoms with Crippen LogP contribution in [0.5, 0.6) is 0 Å². The number of aromatic carboxylic acids is 2. The van der Waals surface area contributed by atoms with Gasteiger partial charge in [0.2, 0.25) is 0 Å². The molecule has 1 aliphatic heterocycles.